The van der Waals surface area contributed by atoms with Crippen molar-refractivity contribution in [3.8, 4) is 0 Å². The average Bonchev–Trinajstić information content (AvgIpc) is 2.74. The summed E-state index contributed by atoms with van der Waals surface area (Å²) < 4.78 is 38.0. The Kier molecular flexibility index (Phi) is 3.08. The number of aromatic amines is 1. The number of aliphatic hydroxyl groups is 1. The van der Waals surface area contributed by atoms with E-state index in [4.69, 9.17) is 0 Å². The second kappa shape index (κ2) is 4.22. The highest BCUT2D eigenvalue weighted by atomic mass is 19.4. The lowest BCUT2D eigenvalue weighted by atomic mass is 9.96. The van der Waals surface area contributed by atoms with Gasteiger partial charge in [0.2, 0.25) is 5.60 Å². The number of nitrogens with zero attached hydrogens (tertiary/aromatic N) is 2. The first-order valence-electron chi connectivity index (χ1n) is 5.75. The molecule has 2 heterocycles. The SMILES string of the molecule is C[C@@H]1CN(C(=O)[C@@](C)(O)C(F)(F)F)Cc2cn[nH]c21. The maximum atomic E-state index is 12.7. The number of alkyl halides is 3. The number of fused-ring (bicyclic) bond motifs is 1. The van der Waals surface area contributed by atoms with Crippen LogP contribution in [0.15, 0.2) is 6.20 Å². The molecular formula is C11H14F3N3O2. The summed E-state index contributed by atoms with van der Waals surface area (Å²) in [6.45, 7) is 2.38. The number of aromatic nitrogens is 2. The van der Waals surface area contributed by atoms with Crippen molar-refractivity contribution >= 4 is 5.91 Å². The van der Waals surface area contributed by atoms with Crippen LogP contribution in [0.5, 0.6) is 0 Å². The van der Waals surface area contributed by atoms with Crippen LogP contribution in [0.4, 0.5) is 13.2 Å². The van der Waals surface area contributed by atoms with E-state index in [1.54, 1.807) is 6.92 Å². The third-order valence-corrected chi connectivity index (χ3v) is 3.36. The maximum Gasteiger partial charge on any atom is 0.426 e. The zero-order chi connectivity index (χ0) is 14.4. The van der Waals surface area contributed by atoms with Crippen molar-refractivity contribution < 1.29 is 23.1 Å². The van der Waals surface area contributed by atoms with Crippen molar-refractivity contribution in [1.29, 1.82) is 0 Å². The van der Waals surface area contributed by atoms with Gasteiger partial charge in [-0.1, -0.05) is 6.92 Å². The summed E-state index contributed by atoms with van der Waals surface area (Å²) in [6.07, 6.45) is -3.52. The Hall–Kier alpha value is -1.57. The molecule has 0 aromatic carbocycles. The largest absolute Gasteiger partial charge is 0.426 e. The van der Waals surface area contributed by atoms with Crippen LogP contribution < -0.4 is 0 Å². The summed E-state index contributed by atoms with van der Waals surface area (Å²) in [5, 5.41) is 16.0. The molecule has 1 aliphatic rings. The van der Waals surface area contributed by atoms with Crippen molar-refractivity contribution in [3.05, 3.63) is 17.5 Å². The molecule has 0 radical (unpaired) electrons. The van der Waals surface area contributed by atoms with Crippen LogP contribution >= 0.6 is 0 Å². The lowest BCUT2D eigenvalue weighted by molar-refractivity contribution is -0.250. The highest BCUT2D eigenvalue weighted by Crippen LogP contribution is 2.34. The molecule has 1 amide bonds. The molecule has 0 unspecified atom stereocenters. The number of halogens is 3. The smallest absolute Gasteiger partial charge is 0.373 e. The minimum absolute atomic E-state index is 0.0151. The molecule has 0 bridgehead atoms. The predicted octanol–water partition coefficient (Wildman–Crippen LogP) is 1.17. The molecule has 2 atom stereocenters. The Morgan fingerprint density at radius 3 is 2.79 bits per heavy atom. The van der Waals surface area contributed by atoms with E-state index in [-0.39, 0.29) is 19.0 Å². The van der Waals surface area contributed by atoms with Crippen LogP contribution in [0.1, 0.15) is 31.0 Å². The summed E-state index contributed by atoms with van der Waals surface area (Å²) in [5.74, 6) is -1.49. The molecule has 1 aliphatic heterocycles. The van der Waals surface area contributed by atoms with Crippen LogP contribution in [0.3, 0.4) is 0 Å². The van der Waals surface area contributed by atoms with Crippen LogP contribution in [0.25, 0.3) is 0 Å². The zero-order valence-electron chi connectivity index (χ0n) is 10.5. The summed E-state index contributed by atoms with van der Waals surface area (Å²) in [7, 11) is 0. The van der Waals surface area contributed by atoms with E-state index in [2.05, 4.69) is 10.2 Å². The third kappa shape index (κ3) is 2.20. The van der Waals surface area contributed by atoms with E-state index in [9.17, 15) is 23.1 Å². The summed E-state index contributed by atoms with van der Waals surface area (Å²) >= 11 is 0. The van der Waals surface area contributed by atoms with Crippen molar-refractivity contribution in [3.63, 3.8) is 0 Å². The first kappa shape index (κ1) is 13.9. The van der Waals surface area contributed by atoms with Gasteiger partial charge in [0.15, 0.2) is 0 Å². The number of nitrogens with one attached hydrogen (secondary N) is 1. The van der Waals surface area contributed by atoms with Crippen molar-refractivity contribution in [1.82, 2.24) is 15.1 Å². The molecule has 1 aromatic heterocycles. The van der Waals surface area contributed by atoms with Gasteiger partial charge in [0, 0.05) is 30.3 Å². The number of amides is 1. The second-order valence-corrected chi connectivity index (χ2v) is 4.97. The Morgan fingerprint density at radius 1 is 1.58 bits per heavy atom. The predicted molar refractivity (Wildman–Crippen MR) is 59.1 cm³/mol. The minimum atomic E-state index is -5.00. The van der Waals surface area contributed by atoms with Gasteiger partial charge in [-0.25, -0.2) is 0 Å². The van der Waals surface area contributed by atoms with Gasteiger partial charge in [0.25, 0.3) is 5.91 Å². The van der Waals surface area contributed by atoms with Gasteiger partial charge in [-0.2, -0.15) is 18.3 Å². The molecule has 106 valence electrons. The van der Waals surface area contributed by atoms with Gasteiger partial charge in [-0.15, -0.1) is 0 Å². The molecule has 19 heavy (non-hydrogen) atoms. The number of carbonyl (C=O) groups excluding carboxylic acids is 1. The topological polar surface area (TPSA) is 69.2 Å². The molecule has 0 saturated heterocycles. The number of hydrogen-bond acceptors (Lipinski definition) is 3. The monoisotopic (exact) mass is 277 g/mol. The maximum absolute atomic E-state index is 12.7. The van der Waals surface area contributed by atoms with Crippen LogP contribution in [0, 0.1) is 0 Å². The molecule has 1 aromatic rings. The fourth-order valence-electron chi connectivity index (χ4n) is 2.15. The molecule has 8 heteroatoms. The second-order valence-electron chi connectivity index (χ2n) is 4.97. The fourth-order valence-corrected chi connectivity index (χ4v) is 2.15. The average molecular weight is 277 g/mol. The van der Waals surface area contributed by atoms with Gasteiger partial charge in [0.1, 0.15) is 0 Å². The Labute approximate surface area is 107 Å². The van der Waals surface area contributed by atoms with Crippen LogP contribution in [-0.4, -0.2) is 44.4 Å². The molecule has 2 rings (SSSR count). The molecule has 0 aliphatic carbocycles. The molecular weight excluding hydrogens is 263 g/mol. The van der Waals surface area contributed by atoms with E-state index < -0.39 is 17.7 Å². The first-order valence-corrected chi connectivity index (χ1v) is 5.75. The van der Waals surface area contributed by atoms with Gasteiger partial charge >= 0.3 is 6.18 Å². The van der Waals surface area contributed by atoms with E-state index in [0.717, 1.165) is 10.6 Å². The quantitative estimate of drug-likeness (QED) is 0.809. The van der Waals surface area contributed by atoms with Crippen LogP contribution in [0.2, 0.25) is 0 Å². The summed E-state index contributed by atoms with van der Waals surface area (Å²) in [6, 6.07) is 0. The molecule has 2 N–H and O–H groups in total. The van der Waals surface area contributed by atoms with E-state index in [0.29, 0.717) is 12.5 Å². The van der Waals surface area contributed by atoms with Crippen molar-refractivity contribution in [2.24, 2.45) is 0 Å². The lowest BCUT2D eigenvalue weighted by Crippen LogP contribution is -2.57. The van der Waals surface area contributed by atoms with E-state index in [1.165, 1.54) is 6.20 Å². The van der Waals surface area contributed by atoms with Crippen LogP contribution in [-0.2, 0) is 11.3 Å². The Balaban J connectivity index is 2.24. The molecule has 0 spiro atoms. The van der Waals surface area contributed by atoms with Gasteiger partial charge in [0.05, 0.1) is 6.20 Å². The highest BCUT2D eigenvalue weighted by molar-refractivity contribution is 5.85. The van der Waals surface area contributed by atoms with Crippen molar-refractivity contribution in [2.75, 3.05) is 6.54 Å². The fraction of sp³-hybridized carbons (Fsp3) is 0.636. The van der Waals surface area contributed by atoms with Crippen molar-refractivity contribution in [2.45, 2.75) is 38.1 Å². The third-order valence-electron chi connectivity index (χ3n) is 3.36. The molecule has 0 saturated carbocycles. The number of rotatable bonds is 1. The summed E-state index contributed by atoms with van der Waals surface area (Å²) in [4.78, 5) is 12.9. The number of H-pyrrole nitrogens is 1. The zero-order valence-corrected chi connectivity index (χ0v) is 10.5. The van der Waals surface area contributed by atoms with Gasteiger partial charge in [-0.3, -0.25) is 9.89 Å². The first-order chi connectivity index (χ1) is 8.64. The number of hydrogen-bond donors (Lipinski definition) is 2. The number of carbonyl (C=O) groups is 1. The minimum Gasteiger partial charge on any atom is -0.373 e. The Bertz CT molecular complexity index is 496. The van der Waals surface area contributed by atoms with E-state index in [1.807, 2.05) is 0 Å². The molecule has 5 nitrogen and oxygen atoms in total. The lowest BCUT2D eigenvalue weighted by Gasteiger charge is -2.36. The highest BCUT2D eigenvalue weighted by Gasteiger charge is 2.57. The standard InChI is InChI=1S/C11H14F3N3O2/c1-6-4-17(5-7-3-15-16-8(6)7)9(18)10(2,19)11(12,13)14/h3,6,19H,4-5H2,1-2H3,(H,15,16)/t6-,10-/m1/s1. The normalized spacial score (nSPS) is 22.8. The Morgan fingerprint density at radius 2 is 2.21 bits per heavy atom. The van der Waals surface area contributed by atoms with Gasteiger partial charge < -0.3 is 10.0 Å². The van der Waals surface area contributed by atoms with Gasteiger partial charge in [-0.05, 0) is 6.92 Å². The molecule has 0 fully saturated rings. The summed E-state index contributed by atoms with van der Waals surface area (Å²) in [5.41, 5.74) is -1.88. The van der Waals surface area contributed by atoms with E-state index >= 15 is 0 Å².